The average Bonchev–Trinajstić information content (AvgIpc) is 2.74. The van der Waals surface area contributed by atoms with Crippen LogP contribution in [0.15, 0.2) is 54.6 Å². The molecule has 1 aliphatic heterocycles. The Balaban J connectivity index is 1.48. The van der Waals surface area contributed by atoms with Crippen molar-refractivity contribution in [1.82, 2.24) is 15.1 Å². The standard InChI is InChI=1S/C22H29N5O2/c23-10-11-24-22(29)19-8-4-5-9-20(19)25-21(28)17-27-14-12-26(13-15-27)16-18-6-2-1-3-7-18/h1-9H,10-17,23H2,(H,24,29)(H,25,28). The van der Waals surface area contributed by atoms with Gasteiger partial charge in [-0.15, -0.1) is 0 Å². The summed E-state index contributed by atoms with van der Waals surface area (Å²) < 4.78 is 0. The summed E-state index contributed by atoms with van der Waals surface area (Å²) in [6, 6.07) is 17.4. The topological polar surface area (TPSA) is 90.7 Å². The average molecular weight is 396 g/mol. The third-order valence-electron chi connectivity index (χ3n) is 4.96. The number of amides is 2. The molecule has 7 nitrogen and oxygen atoms in total. The van der Waals surface area contributed by atoms with Crippen LogP contribution in [0, 0.1) is 0 Å². The number of hydrogen-bond acceptors (Lipinski definition) is 5. The van der Waals surface area contributed by atoms with E-state index in [4.69, 9.17) is 5.73 Å². The van der Waals surface area contributed by atoms with E-state index in [0.717, 1.165) is 32.7 Å². The Morgan fingerprint density at radius 2 is 1.55 bits per heavy atom. The first-order chi connectivity index (χ1) is 14.2. The molecule has 7 heteroatoms. The summed E-state index contributed by atoms with van der Waals surface area (Å²) >= 11 is 0. The fourth-order valence-electron chi connectivity index (χ4n) is 3.41. The maximum atomic E-state index is 12.5. The number of benzene rings is 2. The number of carbonyl (C=O) groups excluding carboxylic acids is 2. The Labute approximate surface area is 171 Å². The second-order valence-corrected chi connectivity index (χ2v) is 7.18. The minimum atomic E-state index is -0.235. The van der Waals surface area contributed by atoms with Crippen LogP contribution >= 0.6 is 0 Å². The van der Waals surface area contributed by atoms with Gasteiger partial charge >= 0.3 is 0 Å². The molecule has 2 aromatic carbocycles. The molecule has 0 atom stereocenters. The lowest BCUT2D eigenvalue weighted by atomic mass is 10.1. The highest BCUT2D eigenvalue weighted by Gasteiger charge is 2.20. The maximum Gasteiger partial charge on any atom is 0.253 e. The van der Waals surface area contributed by atoms with Crippen molar-refractivity contribution in [2.45, 2.75) is 6.54 Å². The van der Waals surface area contributed by atoms with Crippen LogP contribution in [0.25, 0.3) is 0 Å². The number of anilines is 1. The third kappa shape index (κ3) is 6.39. The minimum absolute atomic E-state index is 0.111. The molecule has 0 bridgehead atoms. The summed E-state index contributed by atoms with van der Waals surface area (Å²) in [6.07, 6.45) is 0. The predicted octanol–water partition coefficient (Wildman–Crippen LogP) is 1.13. The minimum Gasteiger partial charge on any atom is -0.351 e. The molecule has 1 saturated heterocycles. The number of piperazine rings is 1. The normalized spacial score (nSPS) is 15.1. The van der Waals surface area contributed by atoms with Crippen molar-refractivity contribution >= 4 is 17.5 Å². The molecule has 0 radical (unpaired) electrons. The van der Waals surface area contributed by atoms with E-state index in [1.807, 2.05) is 6.07 Å². The number of nitrogens with zero attached hydrogens (tertiary/aromatic N) is 2. The van der Waals surface area contributed by atoms with Gasteiger partial charge in [-0.05, 0) is 17.7 Å². The highest BCUT2D eigenvalue weighted by atomic mass is 16.2. The molecule has 2 aromatic rings. The van der Waals surface area contributed by atoms with Gasteiger partial charge in [0, 0.05) is 45.8 Å². The Morgan fingerprint density at radius 3 is 2.28 bits per heavy atom. The van der Waals surface area contributed by atoms with Crippen molar-refractivity contribution in [2.75, 3.05) is 51.1 Å². The van der Waals surface area contributed by atoms with Gasteiger partial charge in [-0.2, -0.15) is 0 Å². The first kappa shape index (κ1) is 21.0. The smallest absolute Gasteiger partial charge is 0.253 e. The van der Waals surface area contributed by atoms with E-state index in [1.165, 1.54) is 5.56 Å². The Bertz CT molecular complexity index is 804. The van der Waals surface area contributed by atoms with Crippen LogP contribution in [-0.2, 0) is 11.3 Å². The summed E-state index contributed by atoms with van der Waals surface area (Å²) in [5.74, 6) is -0.346. The fraction of sp³-hybridized carbons (Fsp3) is 0.364. The molecule has 0 aromatic heterocycles. The monoisotopic (exact) mass is 395 g/mol. The van der Waals surface area contributed by atoms with E-state index in [0.29, 0.717) is 30.9 Å². The number of nitrogens with one attached hydrogen (secondary N) is 2. The van der Waals surface area contributed by atoms with Crippen LogP contribution in [0.4, 0.5) is 5.69 Å². The quantitative estimate of drug-likeness (QED) is 0.623. The van der Waals surface area contributed by atoms with Crippen LogP contribution in [-0.4, -0.2) is 67.4 Å². The summed E-state index contributed by atoms with van der Waals surface area (Å²) in [5.41, 5.74) is 7.71. The second-order valence-electron chi connectivity index (χ2n) is 7.18. The predicted molar refractivity (Wildman–Crippen MR) is 115 cm³/mol. The van der Waals surface area contributed by atoms with Crippen LogP contribution in [0.2, 0.25) is 0 Å². The molecule has 2 amide bonds. The van der Waals surface area contributed by atoms with Crippen LogP contribution in [0.5, 0.6) is 0 Å². The van der Waals surface area contributed by atoms with Gasteiger partial charge in [0.15, 0.2) is 0 Å². The zero-order valence-corrected chi connectivity index (χ0v) is 16.6. The molecule has 0 unspecified atom stereocenters. The van der Waals surface area contributed by atoms with Crippen molar-refractivity contribution in [3.8, 4) is 0 Å². The highest BCUT2D eigenvalue weighted by Crippen LogP contribution is 2.15. The molecule has 4 N–H and O–H groups in total. The number of para-hydroxylation sites is 1. The van der Waals surface area contributed by atoms with E-state index < -0.39 is 0 Å². The molecule has 1 fully saturated rings. The lowest BCUT2D eigenvalue weighted by Gasteiger charge is -2.34. The molecule has 1 aliphatic rings. The van der Waals surface area contributed by atoms with E-state index in [1.54, 1.807) is 24.3 Å². The van der Waals surface area contributed by atoms with Gasteiger partial charge in [0.1, 0.15) is 0 Å². The van der Waals surface area contributed by atoms with Crippen molar-refractivity contribution in [3.05, 3.63) is 65.7 Å². The largest absolute Gasteiger partial charge is 0.351 e. The third-order valence-corrected chi connectivity index (χ3v) is 4.96. The first-order valence-corrected chi connectivity index (χ1v) is 10.0. The zero-order valence-electron chi connectivity index (χ0n) is 16.6. The van der Waals surface area contributed by atoms with Gasteiger partial charge in [0.2, 0.25) is 5.91 Å². The maximum absolute atomic E-state index is 12.5. The van der Waals surface area contributed by atoms with Crippen molar-refractivity contribution in [1.29, 1.82) is 0 Å². The molecule has 29 heavy (non-hydrogen) atoms. The summed E-state index contributed by atoms with van der Waals surface area (Å²) in [5, 5.41) is 5.62. The lowest BCUT2D eigenvalue weighted by Crippen LogP contribution is -2.48. The summed E-state index contributed by atoms with van der Waals surface area (Å²) in [6.45, 7) is 5.58. The Hall–Kier alpha value is -2.74. The highest BCUT2D eigenvalue weighted by molar-refractivity contribution is 6.04. The first-order valence-electron chi connectivity index (χ1n) is 10.0. The van der Waals surface area contributed by atoms with Crippen LogP contribution in [0.1, 0.15) is 15.9 Å². The molecular formula is C22H29N5O2. The van der Waals surface area contributed by atoms with Gasteiger partial charge in [0.05, 0.1) is 17.8 Å². The number of hydrogen-bond donors (Lipinski definition) is 3. The number of rotatable bonds is 8. The molecule has 154 valence electrons. The molecule has 0 aliphatic carbocycles. The lowest BCUT2D eigenvalue weighted by molar-refractivity contribution is -0.117. The molecule has 1 heterocycles. The Morgan fingerprint density at radius 1 is 0.897 bits per heavy atom. The molecular weight excluding hydrogens is 366 g/mol. The molecule has 0 saturated carbocycles. The van der Waals surface area contributed by atoms with Gasteiger partial charge in [0.25, 0.3) is 5.91 Å². The van der Waals surface area contributed by atoms with E-state index >= 15 is 0 Å². The molecule has 3 rings (SSSR count). The number of carbonyl (C=O) groups is 2. The second kappa shape index (κ2) is 10.7. The van der Waals surface area contributed by atoms with E-state index in [2.05, 4.69) is 44.7 Å². The van der Waals surface area contributed by atoms with Gasteiger partial charge in [-0.1, -0.05) is 42.5 Å². The fourth-order valence-corrected chi connectivity index (χ4v) is 3.41. The SMILES string of the molecule is NCCNC(=O)c1ccccc1NC(=O)CN1CCN(Cc2ccccc2)CC1. The van der Waals surface area contributed by atoms with Gasteiger partial charge in [-0.25, -0.2) is 0 Å². The van der Waals surface area contributed by atoms with Crippen LogP contribution < -0.4 is 16.4 Å². The van der Waals surface area contributed by atoms with Crippen molar-refractivity contribution in [3.63, 3.8) is 0 Å². The molecule has 0 spiro atoms. The van der Waals surface area contributed by atoms with Crippen molar-refractivity contribution < 1.29 is 9.59 Å². The van der Waals surface area contributed by atoms with E-state index in [-0.39, 0.29) is 11.8 Å². The van der Waals surface area contributed by atoms with Gasteiger partial charge < -0.3 is 16.4 Å². The summed E-state index contributed by atoms with van der Waals surface area (Å²) in [7, 11) is 0. The van der Waals surface area contributed by atoms with Gasteiger partial charge in [-0.3, -0.25) is 19.4 Å². The summed E-state index contributed by atoms with van der Waals surface area (Å²) in [4.78, 5) is 29.3. The zero-order chi connectivity index (χ0) is 20.5. The van der Waals surface area contributed by atoms with E-state index in [9.17, 15) is 9.59 Å². The van der Waals surface area contributed by atoms with Crippen molar-refractivity contribution in [2.24, 2.45) is 5.73 Å². The van der Waals surface area contributed by atoms with Crippen LogP contribution in [0.3, 0.4) is 0 Å². The Kier molecular flexibility index (Phi) is 7.75. The number of nitrogens with two attached hydrogens (primary N) is 1.